The number of carbonyl (C=O) groups is 2. The maximum Gasteiger partial charge on any atom is 0.223 e. The molecule has 0 radical (unpaired) electrons. The average molecular weight is 328 g/mol. The molecule has 1 aromatic carbocycles. The Kier molecular flexibility index (Phi) is 5.04. The Morgan fingerprint density at radius 2 is 1.83 bits per heavy atom. The van der Waals surface area contributed by atoms with Gasteiger partial charge in [0.25, 0.3) is 0 Å². The van der Waals surface area contributed by atoms with E-state index in [1.54, 1.807) is 0 Å². The molecule has 1 aromatic rings. The minimum Gasteiger partial charge on any atom is -0.343 e. The molecule has 0 aromatic heterocycles. The van der Waals surface area contributed by atoms with Gasteiger partial charge in [-0.25, -0.2) is 0 Å². The van der Waals surface area contributed by atoms with Crippen LogP contribution >= 0.6 is 0 Å². The van der Waals surface area contributed by atoms with Crippen LogP contribution in [0, 0.1) is 19.3 Å². The molecule has 130 valence electrons. The van der Waals surface area contributed by atoms with E-state index in [0.29, 0.717) is 18.3 Å². The number of Topliss-reactive ketones (excluding diaryl/α,β-unsaturated/α-hetero) is 1. The van der Waals surface area contributed by atoms with E-state index in [4.69, 9.17) is 0 Å². The fourth-order valence-corrected chi connectivity index (χ4v) is 3.89. The summed E-state index contributed by atoms with van der Waals surface area (Å²) in [5.41, 5.74) is 3.46. The van der Waals surface area contributed by atoms with Gasteiger partial charge in [0, 0.05) is 38.0 Å². The molecule has 4 heteroatoms. The second kappa shape index (κ2) is 7.06. The first kappa shape index (κ1) is 17.2. The van der Waals surface area contributed by atoms with Crippen LogP contribution in [0.1, 0.15) is 53.6 Å². The third-order valence-electron chi connectivity index (χ3n) is 5.90. The van der Waals surface area contributed by atoms with E-state index in [-0.39, 0.29) is 11.7 Å². The molecule has 2 saturated heterocycles. The third kappa shape index (κ3) is 3.69. The highest BCUT2D eigenvalue weighted by Crippen LogP contribution is 2.37. The Morgan fingerprint density at radius 1 is 1.08 bits per heavy atom. The van der Waals surface area contributed by atoms with Crippen molar-refractivity contribution in [2.45, 2.75) is 46.0 Å². The van der Waals surface area contributed by atoms with Crippen LogP contribution in [0.3, 0.4) is 0 Å². The zero-order valence-electron chi connectivity index (χ0n) is 14.9. The van der Waals surface area contributed by atoms with Crippen molar-refractivity contribution < 1.29 is 9.59 Å². The van der Waals surface area contributed by atoms with Gasteiger partial charge in [0.2, 0.25) is 5.91 Å². The number of carbonyl (C=O) groups excluding carboxylic acids is 2. The largest absolute Gasteiger partial charge is 0.343 e. The van der Waals surface area contributed by atoms with Crippen molar-refractivity contribution in [3.8, 4) is 0 Å². The lowest BCUT2D eigenvalue weighted by atomic mass is 9.78. The summed E-state index contributed by atoms with van der Waals surface area (Å²) in [6.45, 7) is 7.95. The number of nitrogens with zero attached hydrogens (tertiary/aromatic N) is 1. The fourth-order valence-electron chi connectivity index (χ4n) is 3.89. The molecule has 0 atom stereocenters. The predicted molar refractivity (Wildman–Crippen MR) is 95.2 cm³/mol. The molecule has 24 heavy (non-hydrogen) atoms. The van der Waals surface area contributed by atoms with E-state index in [0.717, 1.165) is 50.1 Å². The summed E-state index contributed by atoms with van der Waals surface area (Å²) < 4.78 is 0. The maximum atomic E-state index is 12.4. The monoisotopic (exact) mass is 328 g/mol. The summed E-state index contributed by atoms with van der Waals surface area (Å²) in [4.78, 5) is 26.7. The molecule has 1 spiro atoms. The van der Waals surface area contributed by atoms with Crippen molar-refractivity contribution in [3.63, 3.8) is 0 Å². The molecule has 2 heterocycles. The van der Waals surface area contributed by atoms with Crippen LogP contribution < -0.4 is 5.32 Å². The number of aryl methyl sites for hydroxylation is 2. The molecule has 0 bridgehead atoms. The molecule has 0 saturated carbocycles. The zero-order chi connectivity index (χ0) is 17.2. The lowest BCUT2D eigenvalue weighted by molar-refractivity contribution is -0.133. The summed E-state index contributed by atoms with van der Waals surface area (Å²) in [6.07, 6.45) is 4.06. The van der Waals surface area contributed by atoms with Gasteiger partial charge in [-0.1, -0.05) is 12.1 Å². The predicted octanol–water partition coefficient (Wildman–Crippen LogP) is 2.87. The Morgan fingerprint density at radius 3 is 2.46 bits per heavy atom. The molecule has 0 unspecified atom stereocenters. The summed E-state index contributed by atoms with van der Waals surface area (Å²) >= 11 is 0. The van der Waals surface area contributed by atoms with E-state index in [2.05, 4.69) is 5.32 Å². The van der Waals surface area contributed by atoms with Crippen molar-refractivity contribution >= 4 is 11.7 Å². The maximum absolute atomic E-state index is 12.4. The minimum atomic E-state index is 0.0694. The van der Waals surface area contributed by atoms with Gasteiger partial charge >= 0.3 is 0 Å². The number of ketones is 1. The first-order valence-electron chi connectivity index (χ1n) is 9.08. The van der Waals surface area contributed by atoms with Crippen LogP contribution in [0.15, 0.2) is 18.2 Å². The SMILES string of the molecule is Cc1ccc(C(=O)CCC(=O)N2CCC3(CCNC3)CC2)cc1C. The molecule has 2 fully saturated rings. The molecule has 2 aliphatic rings. The molecule has 4 nitrogen and oxygen atoms in total. The second-order valence-electron chi connectivity index (χ2n) is 7.53. The first-order valence-corrected chi connectivity index (χ1v) is 9.08. The smallest absolute Gasteiger partial charge is 0.223 e. The van der Waals surface area contributed by atoms with E-state index in [9.17, 15) is 9.59 Å². The lowest BCUT2D eigenvalue weighted by Gasteiger charge is -2.39. The second-order valence-corrected chi connectivity index (χ2v) is 7.53. The number of benzene rings is 1. The number of piperidine rings is 1. The van der Waals surface area contributed by atoms with Gasteiger partial charge in [0.05, 0.1) is 0 Å². The van der Waals surface area contributed by atoms with Crippen molar-refractivity contribution in [1.29, 1.82) is 0 Å². The molecule has 0 aliphatic carbocycles. The van der Waals surface area contributed by atoms with Crippen LogP contribution in [0.25, 0.3) is 0 Å². The third-order valence-corrected chi connectivity index (χ3v) is 5.90. The number of likely N-dealkylation sites (tertiary alicyclic amines) is 1. The fraction of sp³-hybridized carbons (Fsp3) is 0.600. The Bertz CT molecular complexity index is 623. The normalized spacial score (nSPS) is 19.7. The van der Waals surface area contributed by atoms with Crippen molar-refractivity contribution in [2.24, 2.45) is 5.41 Å². The van der Waals surface area contributed by atoms with Crippen LogP contribution in [-0.2, 0) is 4.79 Å². The molecule has 1 amide bonds. The molecular formula is C20H28N2O2. The standard InChI is InChI=1S/C20H28N2O2/c1-15-3-4-17(13-16(15)2)18(23)5-6-19(24)22-11-8-20(9-12-22)7-10-21-14-20/h3-4,13,21H,5-12,14H2,1-2H3. The number of amides is 1. The van der Waals surface area contributed by atoms with Gasteiger partial charge in [0.15, 0.2) is 5.78 Å². The molecular weight excluding hydrogens is 300 g/mol. The van der Waals surface area contributed by atoms with E-state index >= 15 is 0 Å². The van der Waals surface area contributed by atoms with Crippen LogP contribution in [0.4, 0.5) is 0 Å². The van der Waals surface area contributed by atoms with Gasteiger partial charge in [0.1, 0.15) is 0 Å². The van der Waals surface area contributed by atoms with Gasteiger partial charge in [-0.2, -0.15) is 0 Å². The minimum absolute atomic E-state index is 0.0694. The highest BCUT2D eigenvalue weighted by Gasteiger charge is 2.37. The first-order chi connectivity index (χ1) is 11.5. The van der Waals surface area contributed by atoms with Crippen molar-refractivity contribution in [1.82, 2.24) is 10.2 Å². The Labute approximate surface area is 144 Å². The van der Waals surface area contributed by atoms with Crippen molar-refractivity contribution in [3.05, 3.63) is 34.9 Å². The Hall–Kier alpha value is -1.68. The van der Waals surface area contributed by atoms with Gasteiger partial charge < -0.3 is 10.2 Å². The van der Waals surface area contributed by atoms with Gasteiger partial charge in [-0.05, 0) is 62.3 Å². The Balaban J connectivity index is 1.48. The molecule has 1 N–H and O–H groups in total. The number of nitrogens with one attached hydrogen (secondary N) is 1. The molecule has 2 aliphatic heterocycles. The quantitative estimate of drug-likeness (QED) is 0.865. The highest BCUT2D eigenvalue weighted by molar-refractivity contribution is 5.98. The summed E-state index contributed by atoms with van der Waals surface area (Å²) in [5, 5.41) is 3.45. The average Bonchev–Trinajstić information content (AvgIpc) is 3.03. The highest BCUT2D eigenvalue weighted by atomic mass is 16.2. The number of hydrogen-bond donors (Lipinski definition) is 1. The van der Waals surface area contributed by atoms with E-state index in [1.807, 2.05) is 36.9 Å². The van der Waals surface area contributed by atoms with Crippen molar-refractivity contribution in [2.75, 3.05) is 26.2 Å². The van der Waals surface area contributed by atoms with Crippen LogP contribution in [0.2, 0.25) is 0 Å². The number of hydrogen-bond acceptors (Lipinski definition) is 3. The van der Waals surface area contributed by atoms with Gasteiger partial charge in [-0.3, -0.25) is 9.59 Å². The van der Waals surface area contributed by atoms with E-state index in [1.165, 1.54) is 12.0 Å². The van der Waals surface area contributed by atoms with E-state index < -0.39 is 0 Å². The van der Waals surface area contributed by atoms with Crippen LogP contribution in [-0.4, -0.2) is 42.8 Å². The van der Waals surface area contributed by atoms with Crippen LogP contribution in [0.5, 0.6) is 0 Å². The summed E-state index contributed by atoms with van der Waals surface area (Å²) in [5.74, 6) is 0.202. The number of rotatable bonds is 4. The summed E-state index contributed by atoms with van der Waals surface area (Å²) in [7, 11) is 0. The summed E-state index contributed by atoms with van der Waals surface area (Å²) in [6, 6.07) is 5.77. The lowest BCUT2D eigenvalue weighted by Crippen LogP contribution is -2.44. The topological polar surface area (TPSA) is 49.4 Å². The zero-order valence-corrected chi connectivity index (χ0v) is 14.9. The molecule has 3 rings (SSSR count). The van der Waals surface area contributed by atoms with Gasteiger partial charge in [-0.15, -0.1) is 0 Å².